The number of imidazole rings is 1. The van der Waals surface area contributed by atoms with Gasteiger partial charge in [0.15, 0.2) is 4.96 Å². The van der Waals surface area contributed by atoms with Gasteiger partial charge >= 0.3 is 0 Å². The number of benzene rings is 1. The minimum atomic E-state index is -0.337. The predicted octanol–water partition coefficient (Wildman–Crippen LogP) is 4.16. The molecular formula is C12H8ClFN2S. The topological polar surface area (TPSA) is 17.3 Å². The van der Waals surface area contributed by atoms with Crippen molar-refractivity contribution < 1.29 is 4.39 Å². The molecule has 0 aliphatic rings. The van der Waals surface area contributed by atoms with Crippen molar-refractivity contribution in [3.63, 3.8) is 0 Å². The molecule has 2 aromatic heterocycles. The Bertz CT molecular complexity index is 702. The van der Waals surface area contributed by atoms with Crippen LogP contribution in [0.2, 0.25) is 5.02 Å². The minimum absolute atomic E-state index is 0.337. The van der Waals surface area contributed by atoms with Crippen molar-refractivity contribution in [2.75, 3.05) is 0 Å². The zero-order chi connectivity index (χ0) is 12.0. The molecule has 0 saturated heterocycles. The normalized spacial score (nSPS) is 11.2. The van der Waals surface area contributed by atoms with Crippen LogP contribution < -0.4 is 0 Å². The summed E-state index contributed by atoms with van der Waals surface area (Å²) < 4.78 is 15.0. The summed E-state index contributed by atoms with van der Waals surface area (Å²) in [6.45, 7) is 2.02. The Kier molecular flexibility index (Phi) is 2.42. The third-order valence-corrected chi connectivity index (χ3v) is 3.87. The highest BCUT2D eigenvalue weighted by atomic mass is 35.5. The average Bonchev–Trinajstić information content (AvgIpc) is 2.81. The zero-order valence-electron chi connectivity index (χ0n) is 8.95. The standard InChI is InChI=1S/C12H8ClFN2S/c1-7-6-17-12-15-11(5-16(7)12)9-3-2-8(14)4-10(9)13/h2-6H,1H3. The van der Waals surface area contributed by atoms with E-state index in [0.717, 1.165) is 21.9 Å². The van der Waals surface area contributed by atoms with Gasteiger partial charge in [-0.2, -0.15) is 0 Å². The van der Waals surface area contributed by atoms with E-state index in [9.17, 15) is 4.39 Å². The van der Waals surface area contributed by atoms with Crippen molar-refractivity contribution in [2.45, 2.75) is 6.92 Å². The second-order valence-corrected chi connectivity index (χ2v) is 5.02. The van der Waals surface area contributed by atoms with Crippen molar-refractivity contribution in [3.05, 3.63) is 46.3 Å². The summed E-state index contributed by atoms with van der Waals surface area (Å²) in [5, 5.41) is 2.42. The van der Waals surface area contributed by atoms with E-state index in [1.54, 1.807) is 17.4 Å². The van der Waals surface area contributed by atoms with Gasteiger partial charge in [-0.05, 0) is 25.1 Å². The number of aromatic nitrogens is 2. The van der Waals surface area contributed by atoms with E-state index in [2.05, 4.69) is 4.98 Å². The van der Waals surface area contributed by atoms with E-state index in [4.69, 9.17) is 11.6 Å². The lowest BCUT2D eigenvalue weighted by Gasteiger charge is -1.99. The number of hydrogen-bond donors (Lipinski definition) is 0. The number of rotatable bonds is 1. The first kappa shape index (κ1) is 10.7. The smallest absolute Gasteiger partial charge is 0.194 e. The first-order valence-electron chi connectivity index (χ1n) is 5.04. The number of fused-ring (bicyclic) bond motifs is 1. The van der Waals surface area contributed by atoms with E-state index in [-0.39, 0.29) is 5.82 Å². The molecule has 0 bridgehead atoms. The summed E-state index contributed by atoms with van der Waals surface area (Å²) in [5.41, 5.74) is 2.65. The molecule has 2 heterocycles. The van der Waals surface area contributed by atoms with Crippen LogP contribution in [0.4, 0.5) is 4.39 Å². The van der Waals surface area contributed by atoms with Crippen molar-refractivity contribution in [1.29, 1.82) is 0 Å². The third-order valence-electron chi connectivity index (χ3n) is 2.60. The largest absolute Gasteiger partial charge is 0.294 e. The lowest BCUT2D eigenvalue weighted by atomic mass is 10.2. The van der Waals surface area contributed by atoms with Gasteiger partial charge in [0.05, 0.1) is 10.7 Å². The Morgan fingerprint density at radius 1 is 1.41 bits per heavy atom. The SMILES string of the molecule is Cc1csc2nc(-c3ccc(F)cc3Cl)cn12. The molecular weight excluding hydrogens is 259 g/mol. The number of hydrogen-bond acceptors (Lipinski definition) is 2. The molecule has 0 aliphatic carbocycles. The van der Waals surface area contributed by atoms with Gasteiger partial charge in [-0.25, -0.2) is 9.37 Å². The van der Waals surface area contributed by atoms with Crippen molar-refractivity contribution in [2.24, 2.45) is 0 Å². The molecule has 0 spiro atoms. The highest BCUT2D eigenvalue weighted by Gasteiger charge is 2.10. The molecule has 5 heteroatoms. The molecule has 3 rings (SSSR count). The second kappa shape index (κ2) is 3.82. The van der Waals surface area contributed by atoms with Crippen LogP contribution in [0.3, 0.4) is 0 Å². The van der Waals surface area contributed by atoms with E-state index in [0.29, 0.717) is 5.02 Å². The van der Waals surface area contributed by atoms with Crippen LogP contribution in [0.25, 0.3) is 16.2 Å². The van der Waals surface area contributed by atoms with Crippen molar-refractivity contribution in [1.82, 2.24) is 9.38 Å². The van der Waals surface area contributed by atoms with Gasteiger partial charge in [-0.15, -0.1) is 11.3 Å². The predicted molar refractivity (Wildman–Crippen MR) is 68.2 cm³/mol. The van der Waals surface area contributed by atoms with E-state index >= 15 is 0 Å². The number of thiazole rings is 1. The monoisotopic (exact) mass is 266 g/mol. The molecule has 2 nitrogen and oxygen atoms in total. The zero-order valence-corrected chi connectivity index (χ0v) is 10.5. The molecule has 0 amide bonds. The van der Waals surface area contributed by atoms with Crippen LogP contribution in [0.5, 0.6) is 0 Å². The summed E-state index contributed by atoms with van der Waals surface area (Å²) in [5.74, 6) is -0.337. The van der Waals surface area contributed by atoms with Crippen LogP contribution in [-0.2, 0) is 0 Å². The quantitative estimate of drug-likeness (QED) is 0.646. The molecule has 0 N–H and O–H groups in total. The van der Waals surface area contributed by atoms with Crippen molar-refractivity contribution >= 4 is 27.9 Å². The van der Waals surface area contributed by atoms with Crippen LogP contribution in [-0.4, -0.2) is 9.38 Å². The van der Waals surface area contributed by atoms with E-state index < -0.39 is 0 Å². The third kappa shape index (κ3) is 1.73. The van der Waals surface area contributed by atoms with Crippen LogP contribution >= 0.6 is 22.9 Å². The first-order valence-corrected chi connectivity index (χ1v) is 6.29. The Hall–Kier alpha value is -1.39. The molecule has 3 aromatic rings. The second-order valence-electron chi connectivity index (χ2n) is 3.78. The first-order chi connectivity index (χ1) is 8.15. The molecule has 17 heavy (non-hydrogen) atoms. The number of halogens is 2. The molecule has 0 aliphatic heterocycles. The van der Waals surface area contributed by atoms with Gasteiger partial charge in [-0.3, -0.25) is 4.40 Å². The van der Waals surface area contributed by atoms with Gasteiger partial charge in [0.25, 0.3) is 0 Å². The summed E-state index contributed by atoms with van der Waals surface area (Å²) >= 11 is 7.59. The average molecular weight is 267 g/mol. The molecule has 1 aromatic carbocycles. The Labute approximate surface area is 106 Å². The summed E-state index contributed by atoms with van der Waals surface area (Å²) in [6.07, 6.45) is 1.92. The van der Waals surface area contributed by atoms with Crippen molar-refractivity contribution in [3.8, 4) is 11.3 Å². The number of aryl methyl sites for hydroxylation is 1. The van der Waals surface area contributed by atoms with Gasteiger partial charge in [0.2, 0.25) is 0 Å². The minimum Gasteiger partial charge on any atom is -0.294 e. The van der Waals surface area contributed by atoms with Crippen LogP contribution in [0, 0.1) is 12.7 Å². The molecule has 86 valence electrons. The van der Waals surface area contributed by atoms with Gasteiger partial charge in [0.1, 0.15) is 5.82 Å². The highest BCUT2D eigenvalue weighted by molar-refractivity contribution is 7.15. The Morgan fingerprint density at radius 2 is 2.24 bits per heavy atom. The Balaban J connectivity index is 2.20. The fourth-order valence-corrected chi connectivity index (χ4v) is 2.84. The maximum absolute atomic E-state index is 13.0. The fourth-order valence-electron chi connectivity index (χ4n) is 1.72. The molecule has 0 radical (unpaired) electrons. The maximum Gasteiger partial charge on any atom is 0.194 e. The molecule has 0 unspecified atom stereocenters. The van der Waals surface area contributed by atoms with Gasteiger partial charge < -0.3 is 0 Å². The maximum atomic E-state index is 13.0. The van der Waals surface area contributed by atoms with Gasteiger partial charge in [-0.1, -0.05) is 11.6 Å². The number of nitrogens with zero attached hydrogens (tertiary/aromatic N) is 2. The summed E-state index contributed by atoms with van der Waals surface area (Å²) in [7, 11) is 0. The van der Waals surface area contributed by atoms with E-state index in [1.807, 2.05) is 22.9 Å². The Morgan fingerprint density at radius 3 is 2.94 bits per heavy atom. The lowest BCUT2D eigenvalue weighted by Crippen LogP contribution is -1.82. The summed E-state index contributed by atoms with van der Waals surface area (Å²) in [6, 6.07) is 4.35. The lowest BCUT2D eigenvalue weighted by molar-refractivity contribution is 0.628. The van der Waals surface area contributed by atoms with Crippen LogP contribution in [0.1, 0.15) is 5.69 Å². The summed E-state index contributed by atoms with van der Waals surface area (Å²) in [4.78, 5) is 5.38. The molecule has 0 fully saturated rings. The van der Waals surface area contributed by atoms with Gasteiger partial charge in [0, 0.05) is 22.8 Å². The highest BCUT2D eigenvalue weighted by Crippen LogP contribution is 2.29. The fraction of sp³-hybridized carbons (Fsp3) is 0.0833. The molecule has 0 saturated carbocycles. The van der Waals surface area contributed by atoms with E-state index in [1.165, 1.54) is 12.1 Å². The molecule has 0 atom stereocenters. The van der Waals surface area contributed by atoms with Crippen LogP contribution in [0.15, 0.2) is 29.8 Å².